The molecule has 2 nitrogen and oxygen atoms in total. The fraction of sp³-hybridized carbons (Fsp3) is 0.619. The first kappa shape index (κ1) is 39.3. The highest BCUT2D eigenvalue weighted by Crippen LogP contribution is 2.33. The van der Waals surface area contributed by atoms with Gasteiger partial charge in [-0.15, -0.1) is 0 Å². The summed E-state index contributed by atoms with van der Waals surface area (Å²) in [6, 6.07) is 5.92. The van der Waals surface area contributed by atoms with Crippen LogP contribution in [0.15, 0.2) is 24.3 Å². The van der Waals surface area contributed by atoms with Crippen LogP contribution in [-0.2, 0) is 0 Å². The van der Waals surface area contributed by atoms with Crippen molar-refractivity contribution in [3.8, 4) is 35.2 Å². The minimum atomic E-state index is -0.943. The Kier molecular flexibility index (Phi) is 17.8. The molecule has 2 aromatic carbocycles. The van der Waals surface area contributed by atoms with E-state index in [4.69, 9.17) is 9.47 Å². The molecule has 0 aliphatic heterocycles. The van der Waals surface area contributed by atoms with Gasteiger partial charge in [-0.3, -0.25) is 0 Å². The van der Waals surface area contributed by atoms with Crippen LogP contribution < -0.4 is 9.47 Å². The first-order valence-corrected chi connectivity index (χ1v) is 18.6. The highest BCUT2D eigenvalue weighted by Gasteiger charge is 2.21. The van der Waals surface area contributed by atoms with Crippen molar-refractivity contribution in [2.75, 3.05) is 13.2 Å². The predicted octanol–water partition coefficient (Wildman–Crippen LogP) is 12.2. The number of hydrogen-bond donors (Lipinski definition) is 0. The third kappa shape index (κ3) is 12.7. The van der Waals surface area contributed by atoms with E-state index in [-0.39, 0.29) is 22.6 Å². The summed E-state index contributed by atoms with van der Waals surface area (Å²) in [6.07, 6.45) is 19.6. The van der Waals surface area contributed by atoms with Crippen molar-refractivity contribution < 1.29 is 27.0 Å². The van der Waals surface area contributed by atoms with Gasteiger partial charge in [0.05, 0.1) is 24.3 Å². The van der Waals surface area contributed by atoms with E-state index in [0.717, 1.165) is 37.5 Å². The Bertz CT molecular complexity index is 1370. The van der Waals surface area contributed by atoms with E-state index >= 15 is 0 Å². The standard InChI is InChI=1S/C22H30F2O.C20H26F2O/c1-3-5-6-7-8-17-9-11-18(12-10-17)13-14-19-15-16-20(25-4-2)22(24)21(19)23;1-3-5-6-15-7-9-16(10-8-15)11-12-17-13-14-18(23-4-2)20(22)19(17)21/h15-18H,3-12H2,1-2H3;13-16H,3-10H2,1-2H3/t17-,18-;15-,16-. The number of rotatable bonds is 12. The van der Waals surface area contributed by atoms with Gasteiger partial charge in [0.2, 0.25) is 11.6 Å². The van der Waals surface area contributed by atoms with Crippen molar-refractivity contribution in [3.05, 3.63) is 58.7 Å². The predicted molar refractivity (Wildman–Crippen MR) is 188 cm³/mol. The average molecular weight is 669 g/mol. The maximum Gasteiger partial charge on any atom is 0.201 e. The van der Waals surface area contributed by atoms with Gasteiger partial charge in [-0.1, -0.05) is 88.9 Å². The number of unbranched alkanes of at least 4 members (excludes halogenated alkanes) is 4. The molecule has 0 spiro atoms. The molecule has 0 bridgehead atoms. The Hall–Kier alpha value is -3.12. The molecule has 6 heteroatoms. The smallest absolute Gasteiger partial charge is 0.201 e. The highest BCUT2D eigenvalue weighted by molar-refractivity contribution is 5.42. The quantitative estimate of drug-likeness (QED) is 0.127. The Balaban J connectivity index is 0.000000261. The van der Waals surface area contributed by atoms with Crippen LogP contribution in [0, 0.1) is 70.6 Å². The lowest BCUT2D eigenvalue weighted by molar-refractivity contribution is 0.294. The number of hydrogen-bond acceptors (Lipinski definition) is 2. The van der Waals surface area contributed by atoms with Gasteiger partial charge < -0.3 is 9.47 Å². The average Bonchev–Trinajstić information content (AvgIpc) is 3.10. The van der Waals surface area contributed by atoms with Crippen LogP contribution in [0.1, 0.15) is 142 Å². The van der Waals surface area contributed by atoms with E-state index in [1.807, 2.05) is 0 Å². The first-order chi connectivity index (χ1) is 23.3. The number of benzene rings is 2. The van der Waals surface area contributed by atoms with Crippen molar-refractivity contribution in [3.63, 3.8) is 0 Å². The molecule has 2 saturated carbocycles. The molecule has 264 valence electrons. The van der Waals surface area contributed by atoms with E-state index in [9.17, 15) is 17.6 Å². The summed E-state index contributed by atoms with van der Waals surface area (Å²) in [7, 11) is 0. The second kappa shape index (κ2) is 21.8. The lowest BCUT2D eigenvalue weighted by atomic mass is 9.80. The number of halogens is 4. The molecule has 0 saturated heterocycles. The summed E-state index contributed by atoms with van der Waals surface area (Å²) in [5.41, 5.74) is 0.252. The Morgan fingerprint density at radius 3 is 1.33 bits per heavy atom. The van der Waals surface area contributed by atoms with Crippen molar-refractivity contribution in [2.45, 2.75) is 130 Å². The Labute approximate surface area is 287 Å². The Morgan fingerprint density at radius 1 is 0.521 bits per heavy atom. The van der Waals surface area contributed by atoms with Gasteiger partial charge in [0.1, 0.15) is 0 Å². The topological polar surface area (TPSA) is 18.5 Å². The molecule has 0 amide bonds. The van der Waals surface area contributed by atoms with Gasteiger partial charge in [0, 0.05) is 11.8 Å². The molecule has 0 heterocycles. The molecule has 0 N–H and O–H groups in total. The SMILES string of the molecule is CCCCCC[C@H]1CC[C@H](C#Cc2ccc(OCC)c(F)c2F)CC1.CCCC[C@H]1CC[C@H](C#Cc2ccc(OCC)c(F)c2F)CC1. The molecule has 2 aliphatic rings. The largest absolute Gasteiger partial charge is 0.491 e. The fourth-order valence-corrected chi connectivity index (χ4v) is 6.69. The maximum absolute atomic E-state index is 14.0. The van der Waals surface area contributed by atoms with Crippen molar-refractivity contribution >= 4 is 0 Å². The summed E-state index contributed by atoms with van der Waals surface area (Å²) < 4.78 is 65.8. The zero-order chi connectivity index (χ0) is 34.7. The molecule has 2 aliphatic carbocycles. The second-order valence-corrected chi connectivity index (χ2v) is 13.3. The van der Waals surface area contributed by atoms with Gasteiger partial charge >= 0.3 is 0 Å². The molecule has 0 radical (unpaired) electrons. The minimum absolute atomic E-state index is 0.0471. The lowest BCUT2D eigenvalue weighted by Gasteiger charge is -2.25. The van der Waals surface area contributed by atoms with Crippen LogP contribution in [0.3, 0.4) is 0 Å². The summed E-state index contributed by atoms with van der Waals surface area (Å²) in [4.78, 5) is 0. The third-order valence-corrected chi connectivity index (χ3v) is 9.64. The molecule has 0 unspecified atom stereocenters. The normalized spacial score (nSPS) is 20.3. The molecule has 0 atom stereocenters. The lowest BCUT2D eigenvalue weighted by Crippen LogP contribution is -2.13. The summed E-state index contributed by atoms with van der Waals surface area (Å²) in [5, 5.41) is 0. The summed E-state index contributed by atoms with van der Waals surface area (Å²) in [6.45, 7) is 8.56. The minimum Gasteiger partial charge on any atom is -0.491 e. The maximum atomic E-state index is 14.0. The van der Waals surface area contributed by atoms with Gasteiger partial charge in [0.15, 0.2) is 23.1 Å². The second-order valence-electron chi connectivity index (χ2n) is 13.3. The zero-order valence-corrected chi connectivity index (χ0v) is 29.7. The van der Waals surface area contributed by atoms with Crippen LogP contribution in [-0.4, -0.2) is 13.2 Å². The summed E-state index contributed by atoms with van der Waals surface area (Å²) in [5.74, 6) is 10.5. The summed E-state index contributed by atoms with van der Waals surface area (Å²) >= 11 is 0. The Morgan fingerprint density at radius 2 is 0.938 bits per heavy atom. The van der Waals surface area contributed by atoms with E-state index < -0.39 is 23.3 Å². The molecule has 2 aromatic rings. The van der Waals surface area contributed by atoms with E-state index in [1.165, 1.54) is 101 Å². The van der Waals surface area contributed by atoms with E-state index in [1.54, 1.807) is 13.8 Å². The van der Waals surface area contributed by atoms with Crippen molar-refractivity contribution in [1.82, 2.24) is 0 Å². The molecule has 2 fully saturated rings. The van der Waals surface area contributed by atoms with Gasteiger partial charge in [-0.2, -0.15) is 8.78 Å². The van der Waals surface area contributed by atoms with Gasteiger partial charge in [0.25, 0.3) is 0 Å². The molecule has 0 aromatic heterocycles. The van der Waals surface area contributed by atoms with Crippen LogP contribution >= 0.6 is 0 Å². The molecular weight excluding hydrogens is 612 g/mol. The monoisotopic (exact) mass is 668 g/mol. The molecular formula is C42H56F4O2. The number of ether oxygens (including phenoxy) is 2. The van der Waals surface area contributed by atoms with Crippen LogP contribution in [0.5, 0.6) is 11.5 Å². The van der Waals surface area contributed by atoms with Crippen LogP contribution in [0.25, 0.3) is 0 Å². The molecule has 48 heavy (non-hydrogen) atoms. The zero-order valence-electron chi connectivity index (χ0n) is 29.7. The van der Waals surface area contributed by atoms with Crippen LogP contribution in [0.4, 0.5) is 17.6 Å². The van der Waals surface area contributed by atoms with Crippen molar-refractivity contribution in [2.24, 2.45) is 23.7 Å². The van der Waals surface area contributed by atoms with E-state index in [2.05, 4.69) is 37.5 Å². The third-order valence-electron chi connectivity index (χ3n) is 9.64. The molecule has 4 rings (SSSR count). The first-order valence-electron chi connectivity index (χ1n) is 18.6. The van der Waals surface area contributed by atoms with Crippen LogP contribution in [0.2, 0.25) is 0 Å². The highest BCUT2D eigenvalue weighted by atomic mass is 19.2. The van der Waals surface area contributed by atoms with Crippen molar-refractivity contribution in [1.29, 1.82) is 0 Å². The van der Waals surface area contributed by atoms with Gasteiger partial charge in [-0.25, -0.2) is 8.78 Å². The fourth-order valence-electron chi connectivity index (χ4n) is 6.69. The van der Waals surface area contributed by atoms with E-state index in [0.29, 0.717) is 25.0 Å². The van der Waals surface area contributed by atoms with Gasteiger partial charge in [-0.05, 0) is 101 Å².